The van der Waals surface area contributed by atoms with Crippen LogP contribution in [0.1, 0.15) is 52.4 Å². The van der Waals surface area contributed by atoms with E-state index >= 15 is 0 Å². The van der Waals surface area contributed by atoms with Gasteiger partial charge in [0.25, 0.3) is 0 Å². The van der Waals surface area contributed by atoms with Crippen molar-refractivity contribution in [2.24, 2.45) is 5.92 Å². The molecule has 1 heterocycles. The van der Waals surface area contributed by atoms with Gasteiger partial charge >= 0.3 is 0 Å². The lowest BCUT2D eigenvalue weighted by Crippen LogP contribution is -2.46. The van der Waals surface area contributed by atoms with Gasteiger partial charge in [0, 0.05) is 12.6 Å². The lowest BCUT2D eigenvalue weighted by Gasteiger charge is -2.33. The summed E-state index contributed by atoms with van der Waals surface area (Å²) in [5, 5.41) is 12.8. The van der Waals surface area contributed by atoms with Gasteiger partial charge in [0.05, 0.1) is 6.07 Å². The molecule has 0 bridgehead atoms. The van der Waals surface area contributed by atoms with E-state index in [0.29, 0.717) is 6.04 Å². The van der Waals surface area contributed by atoms with Crippen LogP contribution in [0.2, 0.25) is 0 Å². The summed E-state index contributed by atoms with van der Waals surface area (Å²) < 4.78 is 0. The van der Waals surface area contributed by atoms with Gasteiger partial charge in [-0.2, -0.15) is 5.26 Å². The van der Waals surface area contributed by atoms with Crippen LogP contribution < -0.4 is 5.32 Å². The third-order valence-corrected chi connectivity index (χ3v) is 4.56. The zero-order valence-corrected chi connectivity index (χ0v) is 11.9. The Hall–Kier alpha value is -0.590. The van der Waals surface area contributed by atoms with Gasteiger partial charge in [-0.1, -0.05) is 13.3 Å². The molecule has 0 aromatic carbocycles. The van der Waals surface area contributed by atoms with Gasteiger partial charge in [0.1, 0.15) is 5.54 Å². The average Bonchev–Trinajstić information content (AvgIpc) is 3.21. The first-order valence-corrected chi connectivity index (χ1v) is 7.56. The summed E-state index contributed by atoms with van der Waals surface area (Å²) in [5.41, 5.74) is -0.317. The Morgan fingerprint density at radius 3 is 2.44 bits per heavy atom. The van der Waals surface area contributed by atoms with Crippen molar-refractivity contribution < 1.29 is 0 Å². The fourth-order valence-corrected chi connectivity index (χ4v) is 2.84. The minimum atomic E-state index is -0.317. The van der Waals surface area contributed by atoms with E-state index in [1.54, 1.807) is 0 Å². The molecule has 3 nitrogen and oxygen atoms in total. The first-order chi connectivity index (χ1) is 8.65. The summed E-state index contributed by atoms with van der Waals surface area (Å²) in [6, 6.07) is 3.08. The van der Waals surface area contributed by atoms with E-state index < -0.39 is 0 Å². The van der Waals surface area contributed by atoms with E-state index in [0.717, 1.165) is 18.9 Å². The molecule has 18 heavy (non-hydrogen) atoms. The van der Waals surface area contributed by atoms with Crippen LogP contribution in [0.15, 0.2) is 0 Å². The molecule has 1 atom stereocenters. The Morgan fingerprint density at radius 2 is 1.94 bits per heavy atom. The summed E-state index contributed by atoms with van der Waals surface area (Å²) >= 11 is 0. The van der Waals surface area contributed by atoms with Crippen LogP contribution in [0.5, 0.6) is 0 Å². The maximum Gasteiger partial charge on any atom is 0.105 e. The molecule has 2 fully saturated rings. The molecular weight excluding hydrogens is 222 g/mol. The molecule has 1 N–H and O–H groups in total. The minimum absolute atomic E-state index is 0.317. The van der Waals surface area contributed by atoms with E-state index in [9.17, 15) is 5.26 Å². The van der Waals surface area contributed by atoms with E-state index in [1.807, 2.05) is 0 Å². The largest absolute Gasteiger partial charge is 0.303 e. The van der Waals surface area contributed by atoms with Crippen LogP contribution in [0.4, 0.5) is 0 Å². The zero-order chi connectivity index (χ0) is 13.0. The first-order valence-electron chi connectivity index (χ1n) is 7.56. The second-order valence-corrected chi connectivity index (χ2v) is 6.31. The Labute approximate surface area is 112 Å². The third-order valence-electron chi connectivity index (χ3n) is 4.56. The summed E-state index contributed by atoms with van der Waals surface area (Å²) in [6.45, 7) is 7.88. The van der Waals surface area contributed by atoms with Crippen LogP contribution in [-0.2, 0) is 0 Å². The predicted molar refractivity (Wildman–Crippen MR) is 74.2 cm³/mol. The quantitative estimate of drug-likeness (QED) is 0.786. The van der Waals surface area contributed by atoms with E-state index in [4.69, 9.17) is 0 Å². The Balaban J connectivity index is 1.71. The van der Waals surface area contributed by atoms with Crippen molar-refractivity contribution in [3.8, 4) is 6.07 Å². The normalized spacial score (nSPS) is 25.6. The van der Waals surface area contributed by atoms with Crippen molar-refractivity contribution >= 4 is 0 Å². The predicted octanol–water partition coefficient (Wildman–Crippen LogP) is 2.53. The fraction of sp³-hybridized carbons (Fsp3) is 0.933. The molecule has 0 amide bonds. The summed E-state index contributed by atoms with van der Waals surface area (Å²) in [6.07, 6.45) is 7.47. The summed E-state index contributed by atoms with van der Waals surface area (Å²) in [5.74, 6) is 0.938. The molecule has 1 saturated heterocycles. The minimum Gasteiger partial charge on any atom is -0.303 e. The molecule has 3 heteroatoms. The van der Waals surface area contributed by atoms with Crippen LogP contribution >= 0.6 is 0 Å². The second-order valence-electron chi connectivity index (χ2n) is 6.31. The van der Waals surface area contributed by atoms with Crippen LogP contribution in [-0.4, -0.2) is 36.1 Å². The van der Waals surface area contributed by atoms with E-state index in [2.05, 4.69) is 30.1 Å². The van der Waals surface area contributed by atoms with Gasteiger partial charge in [-0.15, -0.1) is 0 Å². The maximum absolute atomic E-state index is 9.34. The van der Waals surface area contributed by atoms with Crippen LogP contribution in [0.3, 0.4) is 0 Å². The van der Waals surface area contributed by atoms with E-state index in [1.165, 1.54) is 45.2 Å². The highest BCUT2D eigenvalue weighted by Crippen LogP contribution is 2.25. The highest BCUT2D eigenvalue weighted by Gasteiger charge is 2.32. The van der Waals surface area contributed by atoms with Crippen LogP contribution in [0.25, 0.3) is 0 Å². The number of piperidine rings is 1. The van der Waals surface area contributed by atoms with Gasteiger partial charge in [-0.25, -0.2) is 0 Å². The number of likely N-dealkylation sites (tertiary alicyclic amines) is 1. The standard InChI is InChI=1S/C15H27N3/c1-3-13-6-9-18(10-7-13)11-8-15(2,12-16)17-14-4-5-14/h13-14,17H,3-11H2,1-2H3. The number of nitrogens with one attached hydrogen (secondary N) is 1. The monoisotopic (exact) mass is 249 g/mol. The van der Waals surface area contributed by atoms with Crippen molar-refractivity contribution in [1.82, 2.24) is 10.2 Å². The number of nitriles is 1. The molecule has 1 aliphatic carbocycles. The van der Waals surface area contributed by atoms with Gasteiger partial charge in [0.2, 0.25) is 0 Å². The lowest BCUT2D eigenvalue weighted by atomic mass is 9.93. The highest BCUT2D eigenvalue weighted by molar-refractivity contribution is 5.07. The smallest absolute Gasteiger partial charge is 0.105 e. The molecule has 2 aliphatic rings. The molecule has 0 aromatic heterocycles. The lowest BCUT2D eigenvalue weighted by molar-refractivity contribution is 0.169. The molecule has 102 valence electrons. The van der Waals surface area contributed by atoms with Crippen LogP contribution in [0, 0.1) is 17.2 Å². The highest BCUT2D eigenvalue weighted by atomic mass is 15.1. The average molecular weight is 249 g/mol. The molecule has 1 unspecified atom stereocenters. The first kappa shape index (κ1) is 13.8. The zero-order valence-electron chi connectivity index (χ0n) is 11.9. The van der Waals surface area contributed by atoms with Crippen molar-refractivity contribution in [1.29, 1.82) is 5.26 Å². The number of rotatable bonds is 6. The Bertz CT molecular complexity index is 297. The SMILES string of the molecule is CCC1CCN(CCC(C)(C#N)NC2CC2)CC1. The number of hydrogen-bond donors (Lipinski definition) is 1. The number of hydrogen-bond acceptors (Lipinski definition) is 3. The fourth-order valence-electron chi connectivity index (χ4n) is 2.84. The maximum atomic E-state index is 9.34. The van der Waals surface area contributed by atoms with E-state index in [-0.39, 0.29) is 5.54 Å². The molecule has 1 aliphatic heterocycles. The van der Waals surface area contributed by atoms with Gasteiger partial charge < -0.3 is 4.90 Å². The summed E-state index contributed by atoms with van der Waals surface area (Å²) in [4.78, 5) is 2.54. The summed E-state index contributed by atoms with van der Waals surface area (Å²) in [7, 11) is 0. The molecule has 2 rings (SSSR count). The van der Waals surface area contributed by atoms with Crippen molar-refractivity contribution in [3.63, 3.8) is 0 Å². The Morgan fingerprint density at radius 1 is 1.28 bits per heavy atom. The Kier molecular flexibility index (Phi) is 4.64. The van der Waals surface area contributed by atoms with Crippen molar-refractivity contribution in [2.45, 2.75) is 64.0 Å². The third kappa shape index (κ3) is 3.96. The van der Waals surface area contributed by atoms with Gasteiger partial charge in [-0.05, 0) is 58.0 Å². The second kappa shape index (κ2) is 6.04. The number of nitrogens with zero attached hydrogens (tertiary/aromatic N) is 2. The van der Waals surface area contributed by atoms with Crippen molar-refractivity contribution in [3.05, 3.63) is 0 Å². The molecular formula is C15H27N3. The molecule has 0 spiro atoms. The van der Waals surface area contributed by atoms with Gasteiger partial charge in [0.15, 0.2) is 0 Å². The van der Waals surface area contributed by atoms with Crippen molar-refractivity contribution in [2.75, 3.05) is 19.6 Å². The molecule has 1 saturated carbocycles. The molecule has 0 radical (unpaired) electrons. The topological polar surface area (TPSA) is 39.1 Å². The van der Waals surface area contributed by atoms with Gasteiger partial charge in [-0.3, -0.25) is 5.32 Å². The molecule has 0 aromatic rings.